The fourth-order valence-corrected chi connectivity index (χ4v) is 3.92. The van der Waals surface area contributed by atoms with Crippen LogP contribution in [-0.4, -0.2) is 24.5 Å². The van der Waals surface area contributed by atoms with Crippen LogP contribution in [0, 0.1) is 0 Å². The first-order valence-electron chi connectivity index (χ1n) is 9.16. The zero-order chi connectivity index (χ0) is 16.2. The first-order valence-corrected chi connectivity index (χ1v) is 9.16. The number of hydrogen-bond donors (Lipinski definition) is 0. The van der Waals surface area contributed by atoms with E-state index in [9.17, 15) is 0 Å². The summed E-state index contributed by atoms with van der Waals surface area (Å²) in [6.45, 7) is 3.46. The minimum absolute atomic E-state index is 1.11. The van der Waals surface area contributed by atoms with Crippen molar-refractivity contribution in [3.63, 3.8) is 0 Å². The quantitative estimate of drug-likeness (QED) is 0.731. The van der Waals surface area contributed by atoms with Gasteiger partial charge in [0.2, 0.25) is 0 Å². The molecular weight excluding hydrogens is 290 g/mol. The second-order valence-corrected chi connectivity index (χ2v) is 6.78. The summed E-state index contributed by atoms with van der Waals surface area (Å²) in [5, 5.41) is 0. The van der Waals surface area contributed by atoms with Crippen molar-refractivity contribution in [1.29, 1.82) is 0 Å². The molecule has 0 amide bonds. The zero-order valence-electron chi connectivity index (χ0n) is 14.2. The second-order valence-electron chi connectivity index (χ2n) is 6.78. The van der Waals surface area contributed by atoms with Gasteiger partial charge in [-0.3, -0.25) is 4.90 Å². The molecule has 4 rings (SSSR count). The topological polar surface area (TPSA) is 3.24 Å². The highest BCUT2D eigenvalue weighted by molar-refractivity contribution is 5.83. The molecule has 0 bridgehead atoms. The summed E-state index contributed by atoms with van der Waals surface area (Å²) in [5.74, 6) is 0. The third-order valence-corrected chi connectivity index (χ3v) is 5.21. The lowest BCUT2D eigenvalue weighted by Gasteiger charge is -2.22. The average Bonchev–Trinajstić information content (AvgIpc) is 2.80. The predicted molar refractivity (Wildman–Crippen MR) is 102 cm³/mol. The number of fused-ring (bicyclic) bond motifs is 2. The van der Waals surface area contributed by atoms with Crippen molar-refractivity contribution >= 4 is 5.57 Å². The molecule has 0 atom stereocenters. The van der Waals surface area contributed by atoms with Crippen LogP contribution in [0.1, 0.15) is 35.1 Å². The number of aryl methyl sites for hydroxylation is 2. The molecule has 24 heavy (non-hydrogen) atoms. The van der Waals surface area contributed by atoms with Crippen LogP contribution >= 0.6 is 0 Å². The van der Waals surface area contributed by atoms with Crippen LogP contribution in [0.2, 0.25) is 0 Å². The third kappa shape index (κ3) is 3.22. The Hall–Kier alpha value is -2.12. The minimum atomic E-state index is 1.11. The van der Waals surface area contributed by atoms with Crippen LogP contribution in [0.25, 0.3) is 5.57 Å². The molecule has 0 aromatic heterocycles. The Labute approximate surface area is 145 Å². The van der Waals surface area contributed by atoms with E-state index in [-0.39, 0.29) is 0 Å². The summed E-state index contributed by atoms with van der Waals surface area (Å²) in [4.78, 5) is 2.55. The van der Waals surface area contributed by atoms with Gasteiger partial charge in [-0.15, -0.1) is 0 Å². The molecule has 1 heterocycles. The first kappa shape index (κ1) is 15.4. The Morgan fingerprint density at radius 2 is 1.50 bits per heavy atom. The highest BCUT2D eigenvalue weighted by atomic mass is 15.1. The van der Waals surface area contributed by atoms with Gasteiger partial charge >= 0.3 is 0 Å². The van der Waals surface area contributed by atoms with Crippen molar-refractivity contribution in [1.82, 2.24) is 4.90 Å². The maximum absolute atomic E-state index is 2.55. The van der Waals surface area contributed by atoms with Crippen LogP contribution in [0.4, 0.5) is 0 Å². The maximum Gasteiger partial charge on any atom is 0.0163 e. The monoisotopic (exact) mass is 315 g/mol. The molecule has 2 aliphatic rings. The standard InChI is InChI=1S/C23H25N/c1-6-16-24(17-7-1)18-8-13-23-21-11-4-2-9-19(21)14-15-20-10-3-5-12-22(20)23/h1-6,9-13H,7-8,14-18H2. The molecule has 1 aliphatic heterocycles. The number of rotatable bonds is 3. The van der Waals surface area contributed by atoms with E-state index in [0.717, 1.165) is 32.4 Å². The van der Waals surface area contributed by atoms with Gasteiger partial charge in [-0.1, -0.05) is 66.8 Å². The fraction of sp³-hybridized carbons (Fsp3) is 0.304. The van der Waals surface area contributed by atoms with Crippen molar-refractivity contribution in [3.8, 4) is 0 Å². The zero-order valence-corrected chi connectivity index (χ0v) is 14.2. The Kier molecular flexibility index (Phi) is 4.62. The van der Waals surface area contributed by atoms with Crippen molar-refractivity contribution in [3.05, 3.63) is 89.0 Å². The second kappa shape index (κ2) is 7.19. The molecule has 1 heteroatoms. The van der Waals surface area contributed by atoms with Gasteiger partial charge in [-0.25, -0.2) is 0 Å². The Balaban J connectivity index is 1.64. The van der Waals surface area contributed by atoms with Gasteiger partial charge in [-0.2, -0.15) is 0 Å². The highest BCUT2D eigenvalue weighted by Gasteiger charge is 2.17. The summed E-state index contributed by atoms with van der Waals surface area (Å²) in [6.07, 6.45) is 11.7. The smallest absolute Gasteiger partial charge is 0.0163 e. The number of hydrogen-bond acceptors (Lipinski definition) is 1. The van der Waals surface area contributed by atoms with Crippen LogP contribution < -0.4 is 0 Å². The molecule has 2 aromatic carbocycles. The molecule has 0 radical (unpaired) electrons. The Bertz CT molecular complexity index is 720. The van der Waals surface area contributed by atoms with Gasteiger partial charge in [0, 0.05) is 19.6 Å². The lowest BCUT2D eigenvalue weighted by Crippen LogP contribution is -2.27. The number of nitrogens with zero attached hydrogens (tertiary/aromatic N) is 1. The van der Waals surface area contributed by atoms with Crippen LogP contribution in [0.5, 0.6) is 0 Å². The van der Waals surface area contributed by atoms with Gasteiger partial charge in [-0.05, 0) is 53.5 Å². The fourth-order valence-electron chi connectivity index (χ4n) is 3.92. The molecule has 0 spiro atoms. The summed E-state index contributed by atoms with van der Waals surface area (Å²) >= 11 is 0. The molecule has 0 unspecified atom stereocenters. The van der Waals surface area contributed by atoms with E-state index in [2.05, 4.69) is 71.7 Å². The number of benzene rings is 2. The van der Waals surface area contributed by atoms with Crippen molar-refractivity contribution in [2.75, 3.05) is 19.6 Å². The van der Waals surface area contributed by atoms with E-state index in [1.54, 1.807) is 0 Å². The van der Waals surface area contributed by atoms with Gasteiger partial charge in [0.1, 0.15) is 0 Å². The SMILES string of the molecule is C1=CCN(CCC=C2c3ccccc3CCc3ccccc32)CC1. The maximum atomic E-state index is 2.55. The molecule has 0 saturated heterocycles. The summed E-state index contributed by atoms with van der Waals surface area (Å²) in [5.41, 5.74) is 7.27. The highest BCUT2D eigenvalue weighted by Crippen LogP contribution is 2.33. The summed E-state index contributed by atoms with van der Waals surface area (Å²) in [7, 11) is 0. The van der Waals surface area contributed by atoms with E-state index in [0.29, 0.717) is 0 Å². The summed E-state index contributed by atoms with van der Waals surface area (Å²) in [6, 6.07) is 17.9. The Morgan fingerprint density at radius 1 is 0.833 bits per heavy atom. The minimum Gasteiger partial charge on any atom is -0.299 e. The normalized spacial score (nSPS) is 17.1. The van der Waals surface area contributed by atoms with Gasteiger partial charge in [0.05, 0.1) is 0 Å². The van der Waals surface area contributed by atoms with Gasteiger partial charge in [0.25, 0.3) is 0 Å². The lowest BCUT2D eigenvalue weighted by molar-refractivity contribution is 0.305. The van der Waals surface area contributed by atoms with E-state index in [4.69, 9.17) is 0 Å². The van der Waals surface area contributed by atoms with Crippen molar-refractivity contribution in [2.45, 2.75) is 25.7 Å². The van der Waals surface area contributed by atoms with Gasteiger partial charge < -0.3 is 0 Å². The van der Waals surface area contributed by atoms with Crippen molar-refractivity contribution < 1.29 is 0 Å². The Morgan fingerprint density at radius 3 is 2.12 bits per heavy atom. The molecule has 1 aliphatic carbocycles. The molecule has 122 valence electrons. The molecular formula is C23H25N. The molecule has 0 N–H and O–H groups in total. The molecule has 0 fully saturated rings. The van der Waals surface area contributed by atoms with E-state index in [1.165, 1.54) is 40.8 Å². The first-order chi connectivity index (χ1) is 11.9. The summed E-state index contributed by atoms with van der Waals surface area (Å²) < 4.78 is 0. The van der Waals surface area contributed by atoms with Crippen LogP contribution in [0.3, 0.4) is 0 Å². The molecule has 1 nitrogen and oxygen atoms in total. The third-order valence-electron chi connectivity index (χ3n) is 5.21. The lowest BCUT2D eigenvalue weighted by atomic mass is 9.93. The average molecular weight is 315 g/mol. The van der Waals surface area contributed by atoms with Gasteiger partial charge in [0.15, 0.2) is 0 Å². The van der Waals surface area contributed by atoms with Crippen LogP contribution in [-0.2, 0) is 12.8 Å². The predicted octanol–water partition coefficient (Wildman–Crippen LogP) is 4.87. The van der Waals surface area contributed by atoms with E-state index >= 15 is 0 Å². The largest absolute Gasteiger partial charge is 0.299 e. The van der Waals surface area contributed by atoms with Crippen LogP contribution in [0.15, 0.2) is 66.8 Å². The van der Waals surface area contributed by atoms with E-state index in [1.807, 2.05) is 0 Å². The molecule has 0 saturated carbocycles. The van der Waals surface area contributed by atoms with Crippen molar-refractivity contribution in [2.24, 2.45) is 0 Å². The molecule has 2 aromatic rings. The van der Waals surface area contributed by atoms with E-state index < -0.39 is 0 Å².